The van der Waals surface area contributed by atoms with Gasteiger partial charge < -0.3 is 19.1 Å². The molecule has 1 amide bonds. The lowest BCUT2D eigenvalue weighted by Gasteiger charge is -2.25. The van der Waals surface area contributed by atoms with E-state index in [1.165, 1.54) is 0 Å². The summed E-state index contributed by atoms with van der Waals surface area (Å²) in [6, 6.07) is 9.77. The SMILES string of the molecule is O=C1N(CC2CCCO2)c2cccc(Cl)c2C12COc1cc3c(cc12)CCO3. The lowest BCUT2D eigenvalue weighted by molar-refractivity contribution is -0.122. The van der Waals surface area contributed by atoms with Gasteiger partial charge in [0.1, 0.15) is 23.5 Å². The van der Waals surface area contributed by atoms with Crippen molar-refractivity contribution in [1.82, 2.24) is 0 Å². The Kier molecular flexibility index (Phi) is 3.50. The molecule has 2 unspecified atom stereocenters. The minimum absolute atomic E-state index is 0.0312. The van der Waals surface area contributed by atoms with Gasteiger partial charge in [-0.3, -0.25) is 4.79 Å². The van der Waals surface area contributed by atoms with Crippen LogP contribution in [0.3, 0.4) is 0 Å². The molecule has 1 saturated heterocycles. The van der Waals surface area contributed by atoms with E-state index < -0.39 is 5.41 Å². The number of anilines is 1. The molecular formula is C22H20ClNO4. The summed E-state index contributed by atoms with van der Waals surface area (Å²) < 4.78 is 17.5. The van der Waals surface area contributed by atoms with Crippen LogP contribution in [-0.4, -0.2) is 38.4 Å². The molecule has 5 nitrogen and oxygen atoms in total. The minimum Gasteiger partial charge on any atom is -0.493 e. The van der Waals surface area contributed by atoms with Crippen molar-refractivity contribution in [3.05, 3.63) is 52.0 Å². The van der Waals surface area contributed by atoms with Crippen LogP contribution in [-0.2, 0) is 21.4 Å². The third-order valence-corrected chi connectivity index (χ3v) is 6.74. The van der Waals surface area contributed by atoms with Crippen molar-refractivity contribution in [3.8, 4) is 11.5 Å². The van der Waals surface area contributed by atoms with Crippen LogP contribution in [0.5, 0.6) is 11.5 Å². The van der Waals surface area contributed by atoms with Crippen LogP contribution in [0, 0.1) is 0 Å². The molecule has 2 aromatic carbocycles. The fourth-order valence-electron chi connectivity index (χ4n) is 5.09. The van der Waals surface area contributed by atoms with Crippen LogP contribution in [0.4, 0.5) is 5.69 Å². The highest BCUT2D eigenvalue weighted by atomic mass is 35.5. The number of rotatable bonds is 2. The molecular weight excluding hydrogens is 378 g/mol. The Hall–Kier alpha value is -2.24. The largest absolute Gasteiger partial charge is 0.493 e. The predicted molar refractivity (Wildman–Crippen MR) is 105 cm³/mol. The van der Waals surface area contributed by atoms with Gasteiger partial charge in [0.25, 0.3) is 0 Å². The first kappa shape index (κ1) is 16.7. The zero-order valence-electron chi connectivity index (χ0n) is 15.4. The fourth-order valence-corrected chi connectivity index (χ4v) is 5.42. The maximum atomic E-state index is 13.9. The first-order chi connectivity index (χ1) is 13.7. The van der Waals surface area contributed by atoms with Gasteiger partial charge >= 0.3 is 0 Å². The average Bonchev–Trinajstić information content (AvgIpc) is 3.46. The van der Waals surface area contributed by atoms with Gasteiger partial charge in [-0.1, -0.05) is 17.7 Å². The van der Waals surface area contributed by atoms with Crippen molar-refractivity contribution < 1.29 is 19.0 Å². The summed E-state index contributed by atoms with van der Waals surface area (Å²) in [4.78, 5) is 15.8. The molecule has 0 aliphatic carbocycles. The molecule has 0 bridgehead atoms. The first-order valence-corrected chi connectivity index (χ1v) is 10.2. The second-order valence-electron chi connectivity index (χ2n) is 7.93. The number of ether oxygens (including phenoxy) is 3. The Morgan fingerprint density at radius 3 is 2.96 bits per heavy atom. The van der Waals surface area contributed by atoms with Crippen LogP contribution >= 0.6 is 11.6 Å². The van der Waals surface area contributed by atoms with E-state index in [9.17, 15) is 4.79 Å². The minimum atomic E-state index is -0.890. The zero-order chi connectivity index (χ0) is 18.9. The zero-order valence-corrected chi connectivity index (χ0v) is 16.1. The highest BCUT2D eigenvalue weighted by Crippen LogP contribution is 2.55. The van der Waals surface area contributed by atoms with Gasteiger partial charge in [0.15, 0.2) is 0 Å². The number of nitrogens with zero attached hydrogens (tertiary/aromatic N) is 1. The van der Waals surface area contributed by atoms with Gasteiger partial charge in [0, 0.05) is 35.2 Å². The van der Waals surface area contributed by atoms with Gasteiger partial charge in [-0.2, -0.15) is 0 Å². The number of carbonyl (C=O) groups excluding carboxylic acids is 1. The molecule has 0 aromatic heterocycles. The number of fused-ring (bicyclic) bond motifs is 5. The molecule has 1 fully saturated rings. The lowest BCUT2D eigenvalue weighted by Crippen LogP contribution is -2.45. The molecule has 144 valence electrons. The molecule has 0 N–H and O–H groups in total. The number of hydrogen-bond acceptors (Lipinski definition) is 4. The summed E-state index contributed by atoms with van der Waals surface area (Å²) in [6.45, 7) is 2.25. The molecule has 1 spiro atoms. The third-order valence-electron chi connectivity index (χ3n) is 6.43. The maximum Gasteiger partial charge on any atom is 0.246 e. The van der Waals surface area contributed by atoms with Gasteiger partial charge in [-0.15, -0.1) is 0 Å². The molecule has 2 atom stereocenters. The Labute approximate surface area is 168 Å². The van der Waals surface area contributed by atoms with E-state index in [1.54, 1.807) is 0 Å². The van der Waals surface area contributed by atoms with Crippen molar-refractivity contribution in [2.45, 2.75) is 30.8 Å². The van der Waals surface area contributed by atoms with E-state index in [1.807, 2.05) is 29.2 Å². The van der Waals surface area contributed by atoms with Gasteiger partial charge in [-0.05, 0) is 36.6 Å². The van der Waals surface area contributed by atoms with E-state index >= 15 is 0 Å². The number of benzene rings is 2. The van der Waals surface area contributed by atoms with Crippen molar-refractivity contribution >= 4 is 23.2 Å². The van der Waals surface area contributed by atoms with E-state index in [2.05, 4.69) is 6.07 Å². The van der Waals surface area contributed by atoms with Crippen molar-refractivity contribution in [2.24, 2.45) is 0 Å². The predicted octanol–water partition coefficient (Wildman–Crippen LogP) is 3.48. The van der Waals surface area contributed by atoms with Crippen LogP contribution in [0.15, 0.2) is 30.3 Å². The summed E-state index contributed by atoms with van der Waals surface area (Å²) >= 11 is 6.68. The molecule has 0 saturated carbocycles. The van der Waals surface area contributed by atoms with Gasteiger partial charge in [0.05, 0.1) is 24.9 Å². The average molecular weight is 398 g/mol. The fraction of sp³-hybridized carbons (Fsp3) is 0.409. The van der Waals surface area contributed by atoms with Crippen molar-refractivity contribution in [3.63, 3.8) is 0 Å². The van der Waals surface area contributed by atoms with Crippen molar-refractivity contribution in [2.75, 3.05) is 31.3 Å². The van der Waals surface area contributed by atoms with Crippen LogP contribution < -0.4 is 14.4 Å². The topological polar surface area (TPSA) is 48.0 Å². The monoisotopic (exact) mass is 397 g/mol. The van der Waals surface area contributed by atoms with Crippen LogP contribution in [0.2, 0.25) is 5.02 Å². The maximum absolute atomic E-state index is 13.9. The number of halogens is 1. The van der Waals surface area contributed by atoms with Gasteiger partial charge in [0.2, 0.25) is 5.91 Å². The second kappa shape index (κ2) is 5.88. The number of amides is 1. The van der Waals surface area contributed by atoms with E-state index in [4.69, 9.17) is 25.8 Å². The number of hydrogen-bond donors (Lipinski definition) is 0. The quantitative estimate of drug-likeness (QED) is 0.778. The molecule has 4 heterocycles. The van der Waals surface area contributed by atoms with Crippen LogP contribution in [0.25, 0.3) is 0 Å². The summed E-state index contributed by atoms with van der Waals surface area (Å²) in [6.07, 6.45) is 2.94. The Morgan fingerprint density at radius 1 is 1.18 bits per heavy atom. The standard InChI is InChI=1S/C22H20ClNO4/c23-16-4-1-5-17-20(16)22(21(25)24(17)11-14-3-2-7-26-14)12-28-19-10-18-13(6-8-27-18)9-15(19)22/h1,4-5,9-10,14H,2-3,6-8,11-12H2. The highest BCUT2D eigenvalue weighted by Gasteiger charge is 2.58. The van der Waals surface area contributed by atoms with E-state index in [0.717, 1.165) is 59.7 Å². The van der Waals surface area contributed by atoms with E-state index in [0.29, 0.717) is 18.2 Å². The molecule has 6 rings (SSSR count). The van der Waals surface area contributed by atoms with Crippen LogP contribution in [0.1, 0.15) is 29.5 Å². The molecule has 6 heteroatoms. The molecule has 4 aliphatic rings. The smallest absolute Gasteiger partial charge is 0.246 e. The Balaban J connectivity index is 1.53. The lowest BCUT2D eigenvalue weighted by atomic mass is 9.76. The first-order valence-electron chi connectivity index (χ1n) is 9.84. The summed E-state index contributed by atoms with van der Waals surface area (Å²) in [5.74, 6) is 1.61. The second-order valence-corrected chi connectivity index (χ2v) is 8.34. The molecule has 28 heavy (non-hydrogen) atoms. The third kappa shape index (κ3) is 2.09. The molecule has 2 aromatic rings. The molecule has 0 radical (unpaired) electrons. The summed E-state index contributed by atoms with van der Waals surface area (Å²) in [7, 11) is 0. The van der Waals surface area contributed by atoms with E-state index in [-0.39, 0.29) is 18.6 Å². The van der Waals surface area contributed by atoms with Gasteiger partial charge in [-0.25, -0.2) is 0 Å². The Bertz CT molecular complexity index is 1000. The molecule has 4 aliphatic heterocycles. The highest BCUT2D eigenvalue weighted by molar-refractivity contribution is 6.33. The summed E-state index contributed by atoms with van der Waals surface area (Å²) in [5.41, 5.74) is 2.88. The Morgan fingerprint density at radius 2 is 2.11 bits per heavy atom. The van der Waals surface area contributed by atoms with Crippen molar-refractivity contribution in [1.29, 1.82) is 0 Å². The summed E-state index contributed by atoms with van der Waals surface area (Å²) in [5, 5.41) is 0.605. The number of carbonyl (C=O) groups is 1. The normalized spacial score (nSPS) is 27.0.